The van der Waals surface area contributed by atoms with Gasteiger partial charge in [0.2, 0.25) is 17.7 Å². The number of amides is 3. The smallest absolute Gasteiger partial charge is 0.249 e. The van der Waals surface area contributed by atoms with Gasteiger partial charge in [-0.05, 0) is 91.9 Å². The Labute approximate surface area is 326 Å². The van der Waals surface area contributed by atoms with E-state index < -0.39 is 6.04 Å². The van der Waals surface area contributed by atoms with E-state index >= 15 is 0 Å². The van der Waals surface area contributed by atoms with Gasteiger partial charge in [-0.2, -0.15) is 0 Å². The highest BCUT2D eigenvalue weighted by atomic mass is 16.5. The number of phenolic OH excluding ortho intramolecular Hbond substituents is 1. The second-order valence-corrected chi connectivity index (χ2v) is 15.3. The molecule has 56 heavy (non-hydrogen) atoms. The Hall–Kier alpha value is -5.73. The minimum atomic E-state index is -0.390. The summed E-state index contributed by atoms with van der Waals surface area (Å²) in [5.74, 6) is 1.48. The van der Waals surface area contributed by atoms with Crippen molar-refractivity contribution >= 4 is 34.9 Å². The van der Waals surface area contributed by atoms with Gasteiger partial charge in [-0.15, -0.1) is 10.2 Å². The van der Waals surface area contributed by atoms with Crippen LogP contribution in [0.4, 0.5) is 17.2 Å². The topological polar surface area (TPSA) is 169 Å². The molecule has 0 saturated carbocycles. The van der Waals surface area contributed by atoms with E-state index in [2.05, 4.69) is 59.8 Å². The highest BCUT2D eigenvalue weighted by Gasteiger charge is 2.32. The molecule has 0 bridgehead atoms. The summed E-state index contributed by atoms with van der Waals surface area (Å²) >= 11 is 0. The first-order valence-electron chi connectivity index (χ1n) is 19.6. The largest absolute Gasteiger partial charge is 0.507 e. The summed E-state index contributed by atoms with van der Waals surface area (Å²) < 4.78 is 6.34. The molecule has 0 radical (unpaired) electrons. The van der Waals surface area contributed by atoms with Crippen LogP contribution in [0.3, 0.4) is 0 Å². The molecule has 4 fully saturated rings. The van der Waals surface area contributed by atoms with E-state index in [4.69, 9.17) is 10.5 Å². The summed E-state index contributed by atoms with van der Waals surface area (Å²) in [4.78, 5) is 45.6. The number of aromatic hydroxyl groups is 1. The Kier molecular flexibility index (Phi) is 11.0. The zero-order chi connectivity index (χ0) is 38.6. The Morgan fingerprint density at radius 3 is 2.39 bits per heavy atom. The zero-order valence-electron chi connectivity index (χ0n) is 31.5. The van der Waals surface area contributed by atoms with E-state index in [1.54, 1.807) is 18.2 Å². The molecule has 292 valence electrons. The van der Waals surface area contributed by atoms with Gasteiger partial charge in [-0.25, -0.2) is 0 Å². The average molecular weight is 760 g/mol. The van der Waals surface area contributed by atoms with E-state index in [1.165, 1.54) is 11.1 Å². The minimum absolute atomic E-state index is 0.00865. The number of phenols is 1. The normalized spacial score (nSPS) is 20.0. The first-order valence-corrected chi connectivity index (χ1v) is 19.6. The molecule has 1 aromatic heterocycles. The molecule has 3 aromatic carbocycles. The van der Waals surface area contributed by atoms with Crippen LogP contribution in [0.5, 0.6) is 11.5 Å². The Morgan fingerprint density at radius 1 is 0.875 bits per heavy atom. The number of imide groups is 1. The van der Waals surface area contributed by atoms with Gasteiger partial charge in [0, 0.05) is 50.4 Å². The number of ether oxygens (including phenoxy) is 1. The predicted octanol–water partition coefficient (Wildman–Crippen LogP) is 3.44. The van der Waals surface area contributed by atoms with Crippen LogP contribution < -0.4 is 26.0 Å². The van der Waals surface area contributed by atoms with Gasteiger partial charge in [-0.1, -0.05) is 36.4 Å². The van der Waals surface area contributed by atoms with Crippen molar-refractivity contribution in [1.82, 2.24) is 30.2 Å². The van der Waals surface area contributed by atoms with Crippen molar-refractivity contribution in [3.8, 4) is 22.8 Å². The molecule has 3 amide bonds. The number of aromatic nitrogens is 2. The third kappa shape index (κ3) is 8.71. The molecule has 4 saturated heterocycles. The fraction of sp³-hybridized carbons (Fsp3) is 0.405. The molecule has 1 atom stereocenters. The number of likely N-dealkylation sites (tertiary alicyclic amines) is 1. The molecule has 0 spiro atoms. The highest BCUT2D eigenvalue weighted by molar-refractivity contribution is 6.01. The van der Waals surface area contributed by atoms with Crippen LogP contribution in [0, 0.1) is 0 Å². The van der Waals surface area contributed by atoms with E-state index in [0.29, 0.717) is 55.5 Å². The summed E-state index contributed by atoms with van der Waals surface area (Å²) in [6, 6.07) is 25.0. The number of rotatable bonds is 11. The summed E-state index contributed by atoms with van der Waals surface area (Å²) in [6.07, 6.45) is 2.86. The number of hydrogen-bond acceptors (Lipinski definition) is 12. The summed E-state index contributed by atoms with van der Waals surface area (Å²) in [6.45, 7) is 7.46. The first-order chi connectivity index (χ1) is 27.2. The van der Waals surface area contributed by atoms with Gasteiger partial charge in [-0.3, -0.25) is 29.5 Å². The van der Waals surface area contributed by atoms with Gasteiger partial charge in [0.15, 0.2) is 5.82 Å². The van der Waals surface area contributed by atoms with Crippen molar-refractivity contribution in [1.29, 1.82) is 0 Å². The number of nitrogens with two attached hydrogens (primary N) is 1. The lowest BCUT2D eigenvalue weighted by Gasteiger charge is -2.41. The van der Waals surface area contributed by atoms with Gasteiger partial charge in [0.25, 0.3) is 0 Å². The van der Waals surface area contributed by atoms with Gasteiger partial charge < -0.3 is 30.7 Å². The number of para-hydroxylation sites is 1. The van der Waals surface area contributed by atoms with E-state index in [-0.39, 0.29) is 29.6 Å². The summed E-state index contributed by atoms with van der Waals surface area (Å²) in [5, 5.41) is 24.2. The number of anilines is 3. The first kappa shape index (κ1) is 37.2. The van der Waals surface area contributed by atoms with Crippen LogP contribution in [-0.4, -0.2) is 119 Å². The van der Waals surface area contributed by atoms with Crippen molar-refractivity contribution < 1.29 is 24.2 Å². The van der Waals surface area contributed by atoms with Gasteiger partial charge in [0.05, 0.1) is 31.0 Å². The fourth-order valence-electron chi connectivity index (χ4n) is 8.10. The molecule has 1 unspecified atom stereocenters. The molecule has 0 aliphatic carbocycles. The van der Waals surface area contributed by atoms with Crippen molar-refractivity contribution in [2.45, 2.75) is 50.3 Å². The van der Waals surface area contributed by atoms with Crippen LogP contribution >= 0.6 is 0 Å². The molecule has 14 nitrogen and oxygen atoms in total. The standard InChI is InChI=1S/C42H49N9O5/c43-41-37(23-36(46-47-41)34-6-1-2-7-38(34)52)51-25-33(26-51)56-32-5-3-4-28(22-32)24-49-18-20-50(21-19-49)40(54)27-48-16-14-30(15-17-48)29-8-10-31(11-9-29)44-35-12-13-39(53)45-42(35)55/h1-11,22-23,30,33,35,44,52H,12-21,24-27H2,(H2,43,47)(H,45,53,55). The van der Waals surface area contributed by atoms with Gasteiger partial charge in [0.1, 0.15) is 23.6 Å². The number of nitrogens with one attached hydrogen (secondary N) is 2. The minimum Gasteiger partial charge on any atom is -0.507 e. The van der Waals surface area contributed by atoms with Crippen LogP contribution in [0.15, 0.2) is 78.9 Å². The molecule has 5 heterocycles. The van der Waals surface area contributed by atoms with Crippen LogP contribution in [-0.2, 0) is 20.9 Å². The quantitative estimate of drug-likeness (QED) is 0.165. The van der Waals surface area contributed by atoms with Crippen molar-refractivity contribution in [2.75, 3.05) is 74.9 Å². The number of nitrogen functional groups attached to an aromatic ring is 1. The lowest BCUT2D eigenvalue weighted by molar-refractivity contribution is -0.135. The molecule has 5 N–H and O–H groups in total. The van der Waals surface area contributed by atoms with Crippen molar-refractivity contribution in [3.63, 3.8) is 0 Å². The maximum absolute atomic E-state index is 13.3. The number of carbonyl (C=O) groups excluding carboxylic acids is 3. The van der Waals surface area contributed by atoms with Crippen LogP contribution in [0.25, 0.3) is 11.3 Å². The van der Waals surface area contributed by atoms with Crippen LogP contribution in [0.2, 0.25) is 0 Å². The number of benzene rings is 3. The SMILES string of the molecule is Nc1nnc(-c2ccccc2O)cc1N1CC(Oc2cccc(CN3CCN(C(=O)CN4CCC(c5ccc(NC6CCC(=O)NC6=O)cc5)CC4)CC3)c2)C1. The van der Waals surface area contributed by atoms with Crippen molar-refractivity contribution in [2.24, 2.45) is 0 Å². The van der Waals surface area contributed by atoms with E-state index in [1.807, 2.05) is 41.3 Å². The van der Waals surface area contributed by atoms with E-state index in [0.717, 1.165) is 75.8 Å². The lowest BCUT2D eigenvalue weighted by atomic mass is 9.89. The predicted molar refractivity (Wildman–Crippen MR) is 213 cm³/mol. The van der Waals surface area contributed by atoms with Crippen LogP contribution in [0.1, 0.15) is 42.7 Å². The molecule has 8 rings (SSSR count). The van der Waals surface area contributed by atoms with Gasteiger partial charge >= 0.3 is 0 Å². The number of piperidine rings is 2. The lowest BCUT2D eigenvalue weighted by Crippen LogP contribution is -2.54. The number of hydrogen-bond donors (Lipinski definition) is 4. The Morgan fingerprint density at radius 2 is 1.64 bits per heavy atom. The number of nitrogens with zero attached hydrogens (tertiary/aromatic N) is 6. The molecule has 4 aliphatic heterocycles. The summed E-state index contributed by atoms with van der Waals surface area (Å²) in [7, 11) is 0. The Balaban J connectivity index is 0.745. The third-order valence-corrected chi connectivity index (χ3v) is 11.4. The second kappa shape index (κ2) is 16.6. The maximum Gasteiger partial charge on any atom is 0.249 e. The molecule has 4 aromatic rings. The van der Waals surface area contributed by atoms with Crippen molar-refractivity contribution in [3.05, 3.63) is 90.0 Å². The molecule has 14 heteroatoms. The average Bonchev–Trinajstić information content (AvgIpc) is 3.19. The Bertz CT molecular complexity index is 2040. The highest BCUT2D eigenvalue weighted by Crippen LogP contribution is 2.34. The molecular weight excluding hydrogens is 711 g/mol. The monoisotopic (exact) mass is 759 g/mol. The number of carbonyl (C=O) groups is 3. The molecule has 4 aliphatic rings. The van der Waals surface area contributed by atoms with E-state index in [9.17, 15) is 19.5 Å². The number of piperazine rings is 1. The fourth-order valence-corrected chi connectivity index (χ4v) is 8.10. The molecular formula is C42H49N9O5. The zero-order valence-corrected chi connectivity index (χ0v) is 31.5. The summed E-state index contributed by atoms with van der Waals surface area (Å²) in [5.41, 5.74) is 11.5. The second-order valence-electron chi connectivity index (χ2n) is 15.3. The third-order valence-electron chi connectivity index (χ3n) is 11.4. The maximum atomic E-state index is 13.3.